The fourth-order valence-electron chi connectivity index (χ4n) is 4.20. The third-order valence-corrected chi connectivity index (χ3v) is 6.13. The molecule has 3 rings (SSSR count). The maximum absolute atomic E-state index is 13.3. The minimum atomic E-state index is -0.520. The summed E-state index contributed by atoms with van der Waals surface area (Å²) >= 11 is 0. The first kappa shape index (κ1) is 22.9. The Balaban J connectivity index is 1.78. The normalized spacial score (nSPS) is 14.8. The van der Waals surface area contributed by atoms with E-state index in [4.69, 9.17) is 4.74 Å². The predicted molar refractivity (Wildman–Crippen MR) is 123 cm³/mol. The maximum Gasteiger partial charge on any atom is 0.261 e. The third-order valence-electron chi connectivity index (χ3n) is 6.13. The Morgan fingerprint density at radius 1 is 1.03 bits per heavy atom. The van der Waals surface area contributed by atoms with Gasteiger partial charge in [0.25, 0.3) is 5.91 Å². The van der Waals surface area contributed by atoms with Crippen LogP contribution in [-0.4, -0.2) is 35.4 Å². The number of ether oxygens (including phenoxy) is 1. The lowest BCUT2D eigenvalue weighted by atomic mass is 10.1. The summed E-state index contributed by atoms with van der Waals surface area (Å²) in [5, 5.41) is 3.17. The third kappa shape index (κ3) is 6.09. The smallest absolute Gasteiger partial charge is 0.261 e. The highest BCUT2D eigenvalue weighted by Crippen LogP contribution is 2.21. The number of rotatable bonds is 9. The van der Waals surface area contributed by atoms with Gasteiger partial charge in [0.05, 0.1) is 0 Å². The number of amides is 2. The summed E-state index contributed by atoms with van der Waals surface area (Å²) in [6.07, 6.45) is 4.89. The van der Waals surface area contributed by atoms with E-state index in [0.29, 0.717) is 18.7 Å². The Morgan fingerprint density at radius 2 is 1.68 bits per heavy atom. The van der Waals surface area contributed by atoms with Crippen LogP contribution < -0.4 is 10.1 Å². The van der Waals surface area contributed by atoms with E-state index < -0.39 is 6.04 Å². The SMILES string of the molecule is CCC(C(=O)NC1CCCC1)N(Cc1ccccc1C)C(=O)COc1ccccc1C. The zero-order chi connectivity index (χ0) is 22.2. The van der Waals surface area contributed by atoms with Gasteiger partial charge in [-0.3, -0.25) is 9.59 Å². The molecule has 2 aromatic rings. The van der Waals surface area contributed by atoms with Crippen molar-refractivity contribution in [3.8, 4) is 5.75 Å². The van der Waals surface area contributed by atoms with E-state index in [9.17, 15) is 9.59 Å². The van der Waals surface area contributed by atoms with Crippen LogP contribution in [0.3, 0.4) is 0 Å². The summed E-state index contributed by atoms with van der Waals surface area (Å²) in [5.41, 5.74) is 3.12. The van der Waals surface area contributed by atoms with Crippen LogP contribution in [0.25, 0.3) is 0 Å². The summed E-state index contributed by atoms with van der Waals surface area (Å²) in [6, 6.07) is 15.3. The number of para-hydroxylation sites is 1. The largest absolute Gasteiger partial charge is 0.484 e. The molecule has 1 saturated carbocycles. The van der Waals surface area contributed by atoms with Crippen LogP contribution in [0.1, 0.15) is 55.7 Å². The van der Waals surface area contributed by atoms with Crippen molar-refractivity contribution in [1.82, 2.24) is 10.2 Å². The van der Waals surface area contributed by atoms with Crippen molar-refractivity contribution in [3.63, 3.8) is 0 Å². The van der Waals surface area contributed by atoms with Gasteiger partial charge in [0.1, 0.15) is 11.8 Å². The average molecular weight is 423 g/mol. The Bertz CT molecular complexity index is 890. The number of carbonyl (C=O) groups excluding carboxylic acids is 2. The highest BCUT2D eigenvalue weighted by atomic mass is 16.5. The molecule has 1 unspecified atom stereocenters. The Morgan fingerprint density at radius 3 is 2.32 bits per heavy atom. The van der Waals surface area contributed by atoms with E-state index in [-0.39, 0.29) is 24.5 Å². The molecule has 0 heterocycles. The van der Waals surface area contributed by atoms with E-state index in [1.165, 1.54) is 0 Å². The van der Waals surface area contributed by atoms with Gasteiger partial charge in [0, 0.05) is 12.6 Å². The van der Waals surface area contributed by atoms with E-state index in [0.717, 1.165) is 42.4 Å². The van der Waals surface area contributed by atoms with E-state index in [2.05, 4.69) is 5.32 Å². The van der Waals surface area contributed by atoms with Crippen LogP contribution in [0, 0.1) is 13.8 Å². The fraction of sp³-hybridized carbons (Fsp3) is 0.462. The second kappa shape index (κ2) is 11.0. The number of carbonyl (C=O) groups is 2. The van der Waals surface area contributed by atoms with Gasteiger partial charge in [-0.1, -0.05) is 62.2 Å². The van der Waals surface area contributed by atoms with Crippen molar-refractivity contribution >= 4 is 11.8 Å². The first-order valence-electron chi connectivity index (χ1n) is 11.3. The summed E-state index contributed by atoms with van der Waals surface area (Å²) in [7, 11) is 0. The lowest BCUT2D eigenvalue weighted by molar-refractivity contribution is -0.143. The van der Waals surface area contributed by atoms with Crippen LogP contribution >= 0.6 is 0 Å². The van der Waals surface area contributed by atoms with E-state index in [1.807, 2.05) is 69.3 Å². The molecule has 2 amide bonds. The molecule has 1 atom stereocenters. The van der Waals surface area contributed by atoms with Gasteiger partial charge in [-0.15, -0.1) is 0 Å². The van der Waals surface area contributed by atoms with Gasteiger partial charge < -0.3 is 15.0 Å². The van der Waals surface area contributed by atoms with Gasteiger partial charge in [0.2, 0.25) is 5.91 Å². The number of hydrogen-bond donors (Lipinski definition) is 1. The molecule has 31 heavy (non-hydrogen) atoms. The maximum atomic E-state index is 13.3. The van der Waals surface area contributed by atoms with Crippen molar-refractivity contribution in [1.29, 1.82) is 0 Å². The standard InChI is InChI=1S/C26H34N2O3/c1-4-23(26(30)27-22-14-8-9-15-22)28(17-21-13-7-5-11-19(21)2)25(29)18-31-24-16-10-6-12-20(24)3/h5-7,10-13,16,22-23H,4,8-9,14-15,17-18H2,1-3H3,(H,27,30). The van der Waals surface area contributed by atoms with Crippen LogP contribution in [0.15, 0.2) is 48.5 Å². The summed E-state index contributed by atoms with van der Waals surface area (Å²) in [4.78, 5) is 28.1. The Kier molecular flexibility index (Phi) is 8.10. The minimum Gasteiger partial charge on any atom is -0.484 e. The zero-order valence-corrected chi connectivity index (χ0v) is 18.9. The zero-order valence-electron chi connectivity index (χ0n) is 18.9. The van der Waals surface area contributed by atoms with Crippen LogP contribution in [0.5, 0.6) is 5.75 Å². The summed E-state index contributed by atoms with van der Waals surface area (Å²) in [6.45, 7) is 6.23. The Hall–Kier alpha value is -2.82. The van der Waals surface area contributed by atoms with Gasteiger partial charge in [-0.2, -0.15) is 0 Å². The van der Waals surface area contributed by atoms with Crippen LogP contribution in [-0.2, 0) is 16.1 Å². The predicted octanol–water partition coefficient (Wildman–Crippen LogP) is 4.55. The van der Waals surface area contributed by atoms with Crippen LogP contribution in [0.2, 0.25) is 0 Å². The molecular weight excluding hydrogens is 388 g/mol. The van der Waals surface area contributed by atoms with Crippen LogP contribution in [0.4, 0.5) is 0 Å². The highest BCUT2D eigenvalue weighted by molar-refractivity contribution is 5.88. The Labute approximate surface area is 185 Å². The molecular formula is C26H34N2O3. The fourth-order valence-corrected chi connectivity index (χ4v) is 4.20. The van der Waals surface area contributed by atoms with Crippen molar-refractivity contribution in [2.45, 2.75) is 71.5 Å². The number of aryl methyl sites for hydroxylation is 2. The molecule has 0 spiro atoms. The van der Waals surface area contributed by atoms with Crippen molar-refractivity contribution < 1.29 is 14.3 Å². The summed E-state index contributed by atoms with van der Waals surface area (Å²) < 4.78 is 5.83. The second-order valence-electron chi connectivity index (χ2n) is 8.42. The van der Waals surface area contributed by atoms with E-state index >= 15 is 0 Å². The van der Waals surface area contributed by atoms with Crippen molar-refractivity contribution in [2.24, 2.45) is 0 Å². The number of nitrogens with zero attached hydrogens (tertiary/aromatic N) is 1. The molecule has 1 fully saturated rings. The first-order chi connectivity index (χ1) is 15.0. The van der Waals surface area contributed by atoms with Gasteiger partial charge in [-0.25, -0.2) is 0 Å². The second-order valence-corrected chi connectivity index (χ2v) is 8.42. The quantitative estimate of drug-likeness (QED) is 0.645. The van der Waals surface area contributed by atoms with Gasteiger partial charge >= 0.3 is 0 Å². The van der Waals surface area contributed by atoms with Gasteiger partial charge in [0.15, 0.2) is 6.61 Å². The lowest BCUT2D eigenvalue weighted by Gasteiger charge is -2.32. The topological polar surface area (TPSA) is 58.6 Å². The average Bonchev–Trinajstić information content (AvgIpc) is 3.27. The molecule has 1 aliphatic carbocycles. The molecule has 0 aromatic heterocycles. The molecule has 2 aromatic carbocycles. The summed E-state index contributed by atoms with van der Waals surface area (Å²) in [5.74, 6) is 0.447. The lowest BCUT2D eigenvalue weighted by Crippen LogP contribution is -2.52. The molecule has 0 bridgehead atoms. The number of benzene rings is 2. The molecule has 0 saturated heterocycles. The molecule has 5 heteroatoms. The molecule has 1 aliphatic rings. The molecule has 1 N–H and O–H groups in total. The monoisotopic (exact) mass is 422 g/mol. The number of hydrogen-bond acceptors (Lipinski definition) is 3. The first-order valence-corrected chi connectivity index (χ1v) is 11.3. The highest BCUT2D eigenvalue weighted by Gasteiger charge is 2.31. The van der Waals surface area contributed by atoms with Gasteiger partial charge in [-0.05, 0) is 55.9 Å². The van der Waals surface area contributed by atoms with Crippen molar-refractivity contribution in [2.75, 3.05) is 6.61 Å². The number of nitrogens with one attached hydrogen (secondary N) is 1. The molecule has 0 aliphatic heterocycles. The molecule has 0 radical (unpaired) electrons. The van der Waals surface area contributed by atoms with E-state index in [1.54, 1.807) is 4.90 Å². The minimum absolute atomic E-state index is 0.0628. The molecule has 5 nitrogen and oxygen atoms in total. The van der Waals surface area contributed by atoms with Crippen molar-refractivity contribution in [3.05, 3.63) is 65.2 Å². The molecule has 166 valence electrons.